The summed E-state index contributed by atoms with van der Waals surface area (Å²) in [5.41, 5.74) is 7.23. The molecule has 3 nitrogen and oxygen atoms in total. The van der Waals surface area contributed by atoms with Crippen molar-refractivity contribution in [3.8, 4) is 0 Å². The van der Waals surface area contributed by atoms with E-state index in [-0.39, 0.29) is 6.04 Å². The molecule has 0 fully saturated rings. The fraction of sp³-hybridized carbons (Fsp3) is 0.625. The summed E-state index contributed by atoms with van der Waals surface area (Å²) >= 11 is 0. The number of nitrogens with two attached hydrogens (primary N) is 1. The number of alkyl halides is 2. The molecule has 0 radical (unpaired) electrons. The lowest BCUT2D eigenvalue weighted by atomic mass is 9.94. The molecule has 0 amide bonds. The molecule has 0 saturated carbocycles. The van der Waals surface area contributed by atoms with Crippen molar-refractivity contribution < 1.29 is 8.78 Å². The second-order valence-electron chi connectivity index (χ2n) is 3.34. The molecule has 0 bridgehead atoms. The minimum atomic E-state index is -2.53. The molecule has 2 N–H and O–H groups in total. The molecule has 5 heteroatoms. The van der Waals surface area contributed by atoms with Crippen LogP contribution >= 0.6 is 0 Å². The van der Waals surface area contributed by atoms with Crippen molar-refractivity contribution in [3.63, 3.8) is 0 Å². The number of fused-ring (bicyclic) bond motifs is 1. The van der Waals surface area contributed by atoms with Gasteiger partial charge in [0, 0.05) is 11.7 Å². The lowest BCUT2D eigenvalue weighted by molar-refractivity contribution is 0.0529. The predicted molar refractivity (Wildman–Crippen MR) is 43.5 cm³/mol. The van der Waals surface area contributed by atoms with Gasteiger partial charge >= 0.3 is 6.55 Å². The molecule has 1 aromatic rings. The van der Waals surface area contributed by atoms with E-state index < -0.39 is 6.55 Å². The van der Waals surface area contributed by atoms with Crippen LogP contribution in [0.1, 0.15) is 24.2 Å². The number of halogens is 2. The van der Waals surface area contributed by atoms with Crippen molar-refractivity contribution in [2.75, 3.05) is 0 Å². The Bertz CT molecular complexity index is 308. The maximum absolute atomic E-state index is 12.4. The highest BCUT2D eigenvalue weighted by molar-refractivity contribution is 5.22. The lowest BCUT2D eigenvalue weighted by Crippen LogP contribution is -2.28. The van der Waals surface area contributed by atoms with E-state index in [1.165, 1.54) is 6.20 Å². The summed E-state index contributed by atoms with van der Waals surface area (Å²) < 4.78 is 25.5. The second-order valence-corrected chi connectivity index (χ2v) is 3.34. The predicted octanol–water partition coefficient (Wildman–Crippen LogP) is 1.09. The summed E-state index contributed by atoms with van der Waals surface area (Å²) in [5, 5.41) is 3.64. The van der Waals surface area contributed by atoms with Crippen molar-refractivity contribution in [2.24, 2.45) is 5.73 Å². The van der Waals surface area contributed by atoms with Gasteiger partial charge in [-0.05, 0) is 24.8 Å². The van der Waals surface area contributed by atoms with E-state index in [9.17, 15) is 8.78 Å². The highest BCUT2D eigenvalue weighted by Crippen LogP contribution is 2.23. The van der Waals surface area contributed by atoms with Crippen LogP contribution in [0, 0.1) is 0 Å². The first kappa shape index (κ1) is 8.62. The van der Waals surface area contributed by atoms with Gasteiger partial charge < -0.3 is 5.73 Å². The summed E-state index contributed by atoms with van der Waals surface area (Å²) in [7, 11) is 0. The molecule has 1 aliphatic carbocycles. The van der Waals surface area contributed by atoms with E-state index in [0.29, 0.717) is 18.5 Å². The lowest BCUT2D eigenvalue weighted by Gasteiger charge is -2.18. The van der Waals surface area contributed by atoms with Crippen molar-refractivity contribution >= 4 is 0 Å². The minimum absolute atomic E-state index is 0.0998. The first-order valence-corrected chi connectivity index (χ1v) is 4.27. The highest BCUT2D eigenvalue weighted by Gasteiger charge is 2.22. The third-order valence-electron chi connectivity index (χ3n) is 2.40. The number of hydrogen-bond acceptors (Lipinski definition) is 2. The molecule has 0 spiro atoms. The first-order valence-electron chi connectivity index (χ1n) is 4.27. The summed E-state index contributed by atoms with van der Waals surface area (Å²) in [6.07, 6.45) is 3.55. The van der Waals surface area contributed by atoms with Crippen LogP contribution in [0.4, 0.5) is 8.78 Å². The standard InChI is InChI=1S/C8H11F2N3/c9-8(10)13-7-2-1-6(11)3-5(7)4-12-13/h4,6,8H,1-3,11H2. The fourth-order valence-corrected chi connectivity index (χ4v) is 1.74. The topological polar surface area (TPSA) is 43.8 Å². The Hall–Kier alpha value is -0.970. The van der Waals surface area contributed by atoms with Gasteiger partial charge in [0.15, 0.2) is 0 Å². The van der Waals surface area contributed by atoms with Gasteiger partial charge in [0.05, 0.1) is 6.20 Å². The summed E-state index contributed by atoms with van der Waals surface area (Å²) in [6, 6.07) is 0.0998. The minimum Gasteiger partial charge on any atom is -0.327 e. The first-order chi connectivity index (χ1) is 6.18. The molecule has 13 heavy (non-hydrogen) atoms. The van der Waals surface area contributed by atoms with Gasteiger partial charge in [-0.3, -0.25) is 0 Å². The Labute approximate surface area is 74.5 Å². The fourth-order valence-electron chi connectivity index (χ4n) is 1.74. The zero-order valence-electron chi connectivity index (χ0n) is 7.08. The van der Waals surface area contributed by atoms with Crippen LogP contribution in [0.25, 0.3) is 0 Å². The third-order valence-corrected chi connectivity index (χ3v) is 2.40. The summed E-state index contributed by atoms with van der Waals surface area (Å²) in [4.78, 5) is 0. The van der Waals surface area contributed by atoms with Gasteiger partial charge in [0.1, 0.15) is 0 Å². The molecule has 0 saturated heterocycles. The van der Waals surface area contributed by atoms with E-state index in [1.807, 2.05) is 0 Å². The number of nitrogens with zero attached hydrogens (tertiary/aromatic N) is 2. The zero-order valence-corrected chi connectivity index (χ0v) is 7.08. The van der Waals surface area contributed by atoms with Crippen LogP contribution in [0.15, 0.2) is 6.20 Å². The molecular weight excluding hydrogens is 176 g/mol. The molecule has 2 rings (SSSR count). The number of aromatic nitrogens is 2. The van der Waals surface area contributed by atoms with Crippen LogP contribution in [0.2, 0.25) is 0 Å². The number of hydrogen-bond donors (Lipinski definition) is 1. The van der Waals surface area contributed by atoms with Gasteiger partial charge in [-0.15, -0.1) is 0 Å². The van der Waals surface area contributed by atoms with Crippen LogP contribution in [0.5, 0.6) is 0 Å². The Morgan fingerprint density at radius 2 is 2.38 bits per heavy atom. The van der Waals surface area contributed by atoms with Gasteiger partial charge in [0.25, 0.3) is 0 Å². The van der Waals surface area contributed by atoms with E-state index in [1.54, 1.807) is 0 Å². The van der Waals surface area contributed by atoms with Gasteiger partial charge in [-0.1, -0.05) is 0 Å². The van der Waals surface area contributed by atoms with E-state index in [2.05, 4.69) is 5.10 Å². The molecular formula is C8H11F2N3. The van der Waals surface area contributed by atoms with Gasteiger partial charge in [-0.25, -0.2) is 4.68 Å². The van der Waals surface area contributed by atoms with Crippen molar-refractivity contribution in [3.05, 3.63) is 17.5 Å². The third kappa shape index (κ3) is 1.44. The second kappa shape index (κ2) is 3.06. The highest BCUT2D eigenvalue weighted by atomic mass is 19.3. The molecule has 0 aliphatic heterocycles. The quantitative estimate of drug-likeness (QED) is 0.715. The van der Waals surface area contributed by atoms with Crippen LogP contribution in [-0.2, 0) is 12.8 Å². The average Bonchev–Trinajstić information content (AvgIpc) is 2.46. The van der Waals surface area contributed by atoms with E-state index in [4.69, 9.17) is 5.73 Å². The van der Waals surface area contributed by atoms with E-state index in [0.717, 1.165) is 16.7 Å². The van der Waals surface area contributed by atoms with Gasteiger partial charge in [0.2, 0.25) is 0 Å². The summed E-state index contributed by atoms with van der Waals surface area (Å²) in [6.45, 7) is -2.53. The average molecular weight is 187 g/mol. The van der Waals surface area contributed by atoms with Crippen molar-refractivity contribution in [1.82, 2.24) is 9.78 Å². The SMILES string of the molecule is NC1CCc2c(cnn2C(F)F)C1. The molecule has 1 atom stereocenters. The molecule has 1 aromatic heterocycles. The maximum Gasteiger partial charge on any atom is 0.333 e. The smallest absolute Gasteiger partial charge is 0.327 e. The molecule has 1 unspecified atom stereocenters. The number of rotatable bonds is 1. The van der Waals surface area contributed by atoms with Crippen molar-refractivity contribution in [1.29, 1.82) is 0 Å². The summed E-state index contributed by atoms with van der Waals surface area (Å²) in [5.74, 6) is 0. The Kier molecular flexibility index (Phi) is 2.03. The normalized spacial score (nSPS) is 22.0. The Balaban J connectivity index is 2.33. The maximum atomic E-state index is 12.4. The molecule has 72 valence electrons. The van der Waals surface area contributed by atoms with Gasteiger partial charge in [-0.2, -0.15) is 13.9 Å². The Morgan fingerprint density at radius 3 is 3.08 bits per heavy atom. The monoisotopic (exact) mass is 187 g/mol. The molecule has 1 aliphatic rings. The van der Waals surface area contributed by atoms with Crippen molar-refractivity contribution in [2.45, 2.75) is 31.9 Å². The Morgan fingerprint density at radius 1 is 1.62 bits per heavy atom. The van der Waals surface area contributed by atoms with Crippen LogP contribution in [-0.4, -0.2) is 15.8 Å². The zero-order chi connectivity index (χ0) is 9.42. The van der Waals surface area contributed by atoms with Crippen LogP contribution in [0.3, 0.4) is 0 Å². The molecule has 1 heterocycles. The molecule has 0 aromatic carbocycles. The van der Waals surface area contributed by atoms with Crippen LogP contribution < -0.4 is 5.73 Å². The largest absolute Gasteiger partial charge is 0.333 e. The van der Waals surface area contributed by atoms with E-state index >= 15 is 0 Å².